The molecule has 0 aliphatic rings. The van der Waals surface area contributed by atoms with Crippen molar-refractivity contribution in [1.29, 1.82) is 0 Å². The Labute approximate surface area is 123 Å². The summed E-state index contributed by atoms with van der Waals surface area (Å²) in [5, 5.41) is 3.57. The Morgan fingerprint density at radius 2 is 1.65 bits per heavy atom. The van der Waals surface area contributed by atoms with Gasteiger partial charge >= 0.3 is 0 Å². The van der Waals surface area contributed by atoms with Crippen LogP contribution in [0.5, 0.6) is 11.5 Å². The average Bonchev–Trinajstić information content (AvgIpc) is 2.39. The predicted octanol–water partition coefficient (Wildman–Crippen LogP) is 3.88. The summed E-state index contributed by atoms with van der Waals surface area (Å²) in [6.07, 6.45) is 1.13. The highest BCUT2D eigenvalue weighted by Gasteiger charge is 2.24. The molecule has 20 heavy (non-hydrogen) atoms. The average molecular weight is 279 g/mol. The van der Waals surface area contributed by atoms with Gasteiger partial charge in [-0.15, -0.1) is 0 Å². The second kappa shape index (κ2) is 8.15. The van der Waals surface area contributed by atoms with Gasteiger partial charge < -0.3 is 14.8 Å². The molecule has 1 aromatic rings. The standard InChI is InChI=1S/C17H29NO2/c1-6-12-18-16(17(3,4)5)13-20-15-11-9-8-10-14(15)19-7-2/h8-11,16,18H,6-7,12-13H2,1-5H3. The van der Waals surface area contributed by atoms with Gasteiger partial charge in [-0.25, -0.2) is 0 Å². The molecule has 3 heteroatoms. The van der Waals surface area contributed by atoms with Gasteiger partial charge in [-0.3, -0.25) is 0 Å². The van der Waals surface area contributed by atoms with Crippen molar-refractivity contribution < 1.29 is 9.47 Å². The minimum absolute atomic E-state index is 0.162. The van der Waals surface area contributed by atoms with Gasteiger partial charge in [0.25, 0.3) is 0 Å². The fraction of sp³-hybridized carbons (Fsp3) is 0.647. The Morgan fingerprint density at radius 3 is 2.15 bits per heavy atom. The largest absolute Gasteiger partial charge is 0.490 e. The van der Waals surface area contributed by atoms with Crippen molar-refractivity contribution in [3.63, 3.8) is 0 Å². The summed E-state index contributed by atoms with van der Waals surface area (Å²) in [6.45, 7) is 13.2. The lowest BCUT2D eigenvalue weighted by Gasteiger charge is -2.31. The molecule has 114 valence electrons. The Morgan fingerprint density at radius 1 is 1.05 bits per heavy atom. The summed E-state index contributed by atoms with van der Waals surface area (Å²) in [7, 11) is 0. The minimum Gasteiger partial charge on any atom is -0.490 e. The second-order valence-corrected chi connectivity index (χ2v) is 6.06. The van der Waals surface area contributed by atoms with Crippen LogP contribution in [0.25, 0.3) is 0 Å². The molecule has 0 spiro atoms. The zero-order valence-corrected chi connectivity index (χ0v) is 13.5. The van der Waals surface area contributed by atoms with E-state index in [4.69, 9.17) is 9.47 Å². The fourth-order valence-corrected chi connectivity index (χ4v) is 1.95. The molecule has 0 aliphatic heterocycles. The number of benzene rings is 1. The predicted molar refractivity (Wildman–Crippen MR) is 84.6 cm³/mol. The van der Waals surface area contributed by atoms with E-state index in [-0.39, 0.29) is 5.41 Å². The van der Waals surface area contributed by atoms with E-state index in [2.05, 4.69) is 33.0 Å². The van der Waals surface area contributed by atoms with E-state index in [1.807, 2.05) is 31.2 Å². The van der Waals surface area contributed by atoms with Crippen LogP contribution in [0.15, 0.2) is 24.3 Å². The number of ether oxygens (including phenoxy) is 2. The Hall–Kier alpha value is -1.22. The highest BCUT2D eigenvalue weighted by molar-refractivity contribution is 5.39. The normalized spacial score (nSPS) is 13.1. The van der Waals surface area contributed by atoms with Crippen LogP contribution in [0.4, 0.5) is 0 Å². The summed E-state index contributed by atoms with van der Waals surface area (Å²) in [4.78, 5) is 0. The molecule has 0 aromatic heterocycles. The number of nitrogens with one attached hydrogen (secondary N) is 1. The number of hydrogen-bond acceptors (Lipinski definition) is 3. The third-order valence-electron chi connectivity index (χ3n) is 3.24. The summed E-state index contributed by atoms with van der Waals surface area (Å²) in [5.41, 5.74) is 0.162. The van der Waals surface area contributed by atoms with Crippen molar-refractivity contribution in [2.75, 3.05) is 19.8 Å². The first-order valence-electron chi connectivity index (χ1n) is 7.57. The molecule has 1 aromatic carbocycles. The summed E-state index contributed by atoms with van der Waals surface area (Å²) < 4.78 is 11.6. The Bertz CT molecular complexity index is 385. The molecular formula is C17H29NO2. The SMILES string of the molecule is CCCNC(COc1ccccc1OCC)C(C)(C)C. The fourth-order valence-electron chi connectivity index (χ4n) is 1.95. The van der Waals surface area contributed by atoms with Crippen molar-refractivity contribution in [3.8, 4) is 11.5 Å². The first kappa shape index (κ1) is 16.8. The molecule has 0 amide bonds. The monoisotopic (exact) mass is 279 g/mol. The lowest BCUT2D eigenvalue weighted by Crippen LogP contribution is -2.45. The smallest absolute Gasteiger partial charge is 0.161 e. The molecular weight excluding hydrogens is 250 g/mol. The van der Waals surface area contributed by atoms with Gasteiger partial charge in [0.15, 0.2) is 11.5 Å². The molecule has 1 rings (SSSR count). The highest BCUT2D eigenvalue weighted by Crippen LogP contribution is 2.28. The molecule has 0 heterocycles. The lowest BCUT2D eigenvalue weighted by molar-refractivity contribution is 0.169. The first-order chi connectivity index (χ1) is 9.49. The molecule has 1 atom stereocenters. The van der Waals surface area contributed by atoms with Crippen LogP contribution in [-0.2, 0) is 0 Å². The summed E-state index contributed by atoms with van der Waals surface area (Å²) in [6, 6.07) is 8.17. The topological polar surface area (TPSA) is 30.5 Å². The van der Waals surface area contributed by atoms with Crippen LogP contribution in [0, 0.1) is 5.41 Å². The number of para-hydroxylation sites is 2. The zero-order valence-electron chi connectivity index (χ0n) is 13.5. The molecule has 0 fully saturated rings. The third kappa shape index (κ3) is 5.41. The Balaban J connectivity index is 2.67. The van der Waals surface area contributed by atoms with E-state index in [0.717, 1.165) is 24.5 Å². The van der Waals surface area contributed by atoms with E-state index in [0.29, 0.717) is 19.3 Å². The van der Waals surface area contributed by atoms with Crippen LogP contribution in [0.1, 0.15) is 41.0 Å². The second-order valence-electron chi connectivity index (χ2n) is 6.06. The van der Waals surface area contributed by atoms with Crippen LogP contribution in [-0.4, -0.2) is 25.8 Å². The third-order valence-corrected chi connectivity index (χ3v) is 3.24. The highest BCUT2D eigenvalue weighted by atomic mass is 16.5. The van der Waals surface area contributed by atoms with Crippen molar-refractivity contribution >= 4 is 0 Å². The van der Waals surface area contributed by atoms with Crippen molar-refractivity contribution in [2.24, 2.45) is 5.41 Å². The van der Waals surface area contributed by atoms with Gasteiger partial charge in [0.1, 0.15) is 6.61 Å². The first-order valence-corrected chi connectivity index (χ1v) is 7.57. The van der Waals surface area contributed by atoms with E-state index in [1.165, 1.54) is 0 Å². The zero-order chi connectivity index (χ0) is 15.0. The number of hydrogen-bond donors (Lipinski definition) is 1. The van der Waals surface area contributed by atoms with Crippen LogP contribution in [0.3, 0.4) is 0 Å². The van der Waals surface area contributed by atoms with Crippen LogP contribution < -0.4 is 14.8 Å². The van der Waals surface area contributed by atoms with Gasteiger partial charge in [-0.05, 0) is 37.4 Å². The molecule has 1 unspecified atom stereocenters. The molecule has 3 nitrogen and oxygen atoms in total. The van der Waals surface area contributed by atoms with Crippen molar-refractivity contribution in [3.05, 3.63) is 24.3 Å². The van der Waals surface area contributed by atoms with Gasteiger partial charge in [0, 0.05) is 6.04 Å². The summed E-state index contributed by atoms with van der Waals surface area (Å²) >= 11 is 0. The van der Waals surface area contributed by atoms with E-state index < -0.39 is 0 Å². The van der Waals surface area contributed by atoms with Crippen LogP contribution in [0.2, 0.25) is 0 Å². The van der Waals surface area contributed by atoms with E-state index >= 15 is 0 Å². The maximum Gasteiger partial charge on any atom is 0.161 e. The molecule has 1 N–H and O–H groups in total. The lowest BCUT2D eigenvalue weighted by atomic mass is 9.87. The van der Waals surface area contributed by atoms with Gasteiger partial charge in [0.05, 0.1) is 6.61 Å². The van der Waals surface area contributed by atoms with Crippen molar-refractivity contribution in [1.82, 2.24) is 5.32 Å². The van der Waals surface area contributed by atoms with E-state index in [1.54, 1.807) is 0 Å². The van der Waals surface area contributed by atoms with Gasteiger partial charge in [-0.2, -0.15) is 0 Å². The molecule has 0 bridgehead atoms. The molecule has 0 saturated carbocycles. The molecule has 0 saturated heterocycles. The Kier molecular flexibility index (Phi) is 6.86. The molecule has 0 aliphatic carbocycles. The van der Waals surface area contributed by atoms with Gasteiger partial charge in [-0.1, -0.05) is 39.8 Å². The van der Waals surface area contributed by atoms with E-state index in [9.17, 15) is 0 Å². The quantitative estimate of drug-likeness (QED) is 0.783. The van der Waals surface area contributed by atoms with Gasteiger partial charge in [0.2, 0.25) is 0 Å². The maximum absolute atomic E-state index is 5.99. The maximum atomic E-state index is 5.99. The number of rotatable bonds is 8. The van der Waals surface area contributed by atoms with Crippen LogP contribution >= 0.6 is 0 Å². The molecule has 0 radical (unpaired) electrons. The minimum atomic E-state index is 0.162. The van der Waals surface area contributed by atoms with Crippen molar-refractivity contribution in [2.45, 2.75) is 47.1 Å². The summed E-state index contributed by atoms with van der Waals surface area (Å²) in [5.74, 6) is 1.64.